The number of rotatable bonds is 5. The monoisotopic (exact) mass is 409 g/mol. The van der Waals surface area contributed by atoms with Crippen molar-refractivity contribution in [2.45, 2.75) is 36.5 Å². The van der Waals surface area contributed by atoms with Crippen LogP contribution in [0.2, 0.25) is 5.02 Å². The van der Waals surface area contributed by atoms with Gasteiger partial charge in [-0.15, -0.1) is 11.8 Å². The Hall–Kier alpha value is -2.52. The first-order chi connectivity index (χ1) is 12.8. The van der Waals surface area contributed by atoms with Gasteiger partial charge in [0.15, 0.2) is 6.10 Å². The molecule has 1 aliphatic heterocycles. The number of benzene rings is 1. The van der Waals surface area contributed by atoms with Gasteiger partial charge < -0.3 is 14.6 Å². The van der Waals surface area contributed by atoms with Crippen molar-refractivity contribution >= 4 is 52.7 Å². The van der Waals surface area contributed by atoms with Crippen molar-refractivity contribution < 1.29 is 23.6 Å². The van der Waals surface area contributed by atoms with Crippen LogP contribution in [0.1, 0.15) is 19.0 Å². The highest BCUT2D eigenvalue weighted by Gasteiger charge is 2.31. The van der Waals surface area contributed by atoms with Crippen molar-refractivity contribution in [1.29, 1.82) is 0 Å². The molecule has 0 unspecified atom stereocenters. The first-order valence-electron chi connectivity index (χ1n) is 8.02. The summed E-state index contributed by atoms with van der Waals surface area (Å²) in [6.07, 6.45) is -1.22. The number of halogens is 1. The van der Waals surface area contributed by atoms with Gasteiger partial charge >= 0.3 is 5.97 Å². The minimum atomic E-state index is -1.05. The Bertz CT molecular complexity index is 900. The number of nitrogens with zero attached hydrogens (tertiary/aromatic N) is 1. The second-order valence-electron chi connectivity index (χ2n) is 5.89. The van der Waals surface area contributed by atoms with Crippen LogP contribution in [0.25, 0.3) is 0 Å². The van der Waals surface area contributed by atoms with Crippen LogP contribution in [0, 0.1) is 6.92 Å². The van der Waals surface area contributed by atoms with Gasteiger partial charge in [0, 0.05) is 16.0 Å². The number of anilines is 2. The van der Waals surface area contributed by atoms with Gasteiger partial charge in [-0.3, -0.25) is 19.7 Å². The fraction of sp³-hybridized carbons (Fsp3) is 0.294. The third-order valence-electron chi connectivity index (χ3n) is 3.67. The van der Waals surface area contributed by atoms with Gasteiger partial charge in [0.05, 0.1) is 23.1 Å². The van der Waals surface area contributed by atoms with E-state index in [2.05, 4.69) is 15.8 Å². The number of hydrogen-bond donors (Lipinski definition) is 2. The maximum absolute atomic E-state index is 12.2. The van der Waals surface area contributed by atoms with Crippen LogP contribution < -0.4 is 10.6 Å². The van der Waals surface area contributed by atoms with Gasteiger partial charge in [0.2, 0.25) is 11.8 Å². The molecule has 0 spiro atoms. The molecule has 0 fully saturated rings. The molecule has 0 bridgehead atoms. The SMILES string of the molecule is Cc1cc(NC(=O)[C@@H](C)OC(=O)C[C@@H]2Sc3ccc(Cl)cc3NC2=O)on1. The standard InChI is InChI=1S/C17H16ClN3O5S/c1-8-5-14(26-21-8)20-16(23)9(2)25-15(22)7-13-17(24)19-11-6-10(18)3-4-12(11)27-13/h3-6,9,13H,7H2,1-2H3,(H,19,24)(H,20,23)/t9-,13+/m1/s1. The number of aromatic nitrogens is 1. The van der Waals surface area contributed by atoms with Gasteiger partial charge in [-0.25, -0.2) is 0 Å². The number of amides is 2. The Kier molecular flexibility index (Phi) is 5.71. The summed E-state index contributed by atoms with van der Waals surface area (Å²) >= 11 is 7.16. The molecule has 142 valence electrons. The summed E-state index contributed by atoms with van der Waals surface area (Å²) < 4.78 is 10.0. The summed E-state index contributed by atoms with van der Waals surface area (Å²) in [5, 5.41) is 8.67. The molecule has 0 radical (unpaired) electrons. The summed E-state index contributed by atoms with van der Waals surface area (Å²) in [5.41, 5.74) is 1.22. The predicted octanol–water partition coefficient (Wildman–Crippen LogP) is 3.01. The first kappa shape index (κ1) is 19.2. The van der Waals surface area contributed by atoms with Gasteiger partial charge in [0.25, 0.3) is 5.91 Å². The van der Waals surface area contributed by atoms with E-state index in [1.54, 1.807) is 31.2 Å². The molecule has 8 nitrogen and oxygen atoms in total. The largest absolute Gasteiger partial charge is 0.452 e. The van der Waals surface area contributed by atoms with E-state index in [-0.39, 0.29) is 18.2 Å². The van der Waals surface area contributed by atoms with Crippen LogP contribution in [0.3, 0.4) is 0 Å². The lowest BCUT2D eigenvalue weighted by molar-refractivity contribution is -0.153. The van der Waals surface area contributed by atoms with Crippen molar-refractivity contribution in [1.82, 2.24) is 5.16 Å². The molecule has 2 amide bonds. The molecule has 1 aliphatic rings. The summed E-state index contributed by atoms with van der Waals surface area (Å²) in [4.78, 5) is 37.2. The number of aryl methyl sites for hydroxylation is 1. The van der Waals surface area contributed by atoms with E-state index in [1.807, 2.05) is 0 Å². The van der Waals surface area contributed by atoms with Crippen molar-refractivity contribution in [2.24, 2.45) is 0 Å². The maximum atomic E-state index is 12.2. The highest BCUT2D eigenvalue weighted by molar-refractivity contribution is 8.01. The average Bonchev–Trinajstić information content (AvgIpc) is 3.00. The molecule has 0 aliphatic carbocycles. The number of carbonyl (C=O) groups excluding carboxylic acids is 3. The van der Waals surface area contributed by atoms with E-state index in [0.29, 0.717) is 16.4 Å². The molecule has 0 saturated heterocycles. The normalized spacial score (nSPS) is 16.9. The van der Waals surface area contributed by atoms with Gasteiger partial charge in [-0.1, -0.05) is 16.8 Å². The lowest BCUT2D eigenvalue weighted by Crippen LogP contribution is -2.34. The Balaban J connectivity index is 1.54. The number of ether oxygens (including phenoxy) is 1. The fourth-order valence-corrected chi connectivity index (χ4v) is 3.60. The average molecular weight is 410 g/mol. The number of nitrogens with one attached hydrogen (secondary N) is 2. The van der Waals surface area contributed by atoms with Gasteiger partial charge in [0.1, 0.15) is 0 Å². The van der Waals surface area contributed by atoms with Crippen LogP contribution in [0.5, 0.6) is 0 Å². The molecule has 1 aromatic heterocycles. The molecule has 2 aromatic rings. The quantitative estimate of drug-likeness (QED) is 0.730. The number of esters is 1. The third kappa shape index (κ3) is 4.81. The third-order valence-corrected chi connectivity index (χ3v) is 5.18. The molecule has 2 atom stereocenters. The van der Waals surface area contributed by atoms with E-state index in [9.17, 15) is 14.4 Å². The van der Waals surface area contributed by atoms with Crippen molar-refractivity contribution in [3.63, 3.8) is 0 Å². The zero-order chi connectivity index (χ0) is 19.6. The smallest absolute Gasteiger partial charge is 0.308 e. The van der Waals surface area contributed by atoms with Crippen LogP contribution in [-0.4, -0.2) is 34.3 Å². The Labute approximate surface area is 163 Å². The Morgan fingerprint density at radius 3 is 2.93 bits per heavy atom. The zero-order valence-corrected chi connectivity index (χ0v) is 16.0. The van der Waals surface area contributed by atoms with Crippen LogP contribution >= 0.6 is 23.4 Å². The first-order valence-corrected chi connectivity index (χ1v) is 9.28. The molecule has 10 heteroatoms. The Morgan fingerprint density at radius 1 is 1.44 bits per heavy atom. The summed E-state index contributed by atoms with van der Waals surface area (Å²) in [6.45, 7) is 3.14. The molecule has 2 heterocycles. The van der Waals surface area contributed by atoms with Crippen LogP contribution in [0.4, 0.5) is 11.6 Å². The number of fused-ring (bicyclic) bond motifs is 1. The molecular formula is C17H16ClN3O5S. The van der Waals surface area contributed by atoms with E-state index in [0.717, 1.165) is 4.90 Å². The molecule has 1 aromatic carbocycles. The second kappa shape index (κ2) is 8.01. The number of thioether (sulfide) groups is 1. The zero-order valence-electron chi connectivity index (χ0n) is 14.4. The molecule has 27 heavy (non-hydrogen) atoms. The Morgan fingerprint density at radius 2 is 2.22 bits per heavy atom. The highest BCUT2D eigenvalue weighted by atomic mass is 35.5. The lowest BCUT2D eigenvalue weighted by Gasteiger charge is -2.24. The van der Waals surface area contributed by atoms with Gasteiger partial charge in [-0.2, -0.15) is 0 Å². The fourth-order valence-electron chi connectivity index (χ4n) is 2.35. The van der Waals surface area contributed by atoms with Crippen molar-refractivity contribution in [3.8, 4) is 0 Å². The lowest BCUT2D eigenvalue weighted by atomic mass is 10.2. The van der Waals surface area contributed by atoms with E-state index < -0.39 is 23.2 Å². The minimum Gasteiger partial charge on any atom is -0.452 e. The van der Waals surface area contributed by atoms with Crippen LogP contribution in [0.15, 0.2) is 33.7 Å². The topological polar surface area (TPSA) is 111 Å². The number of carbonyl (C=O) groups is 3. The summed E-state index contributed by atoms with van der Waals surface area (Å²) in [5.74, 6) is -1.37. The molecule has 2 N–H and O–H groups in total. The van der Waals surface area contributed by atoms with Crippen molar-refractivity contribution in [2.75, 3.05) is 10.6 Å². The molecule has 3 rings (SSSR count). The molecular weight excluding hydrogens is 394 g/mol. The molecule has 0 saturated carbocycles. The van der Waals surface area contributed by atoms with E-state index >= 15 is 0 Å². The summed E-state index contributed by atoms with van der Waals surface area (Å²) in [7, 11) is 0. The van der Waals surface area contributed by atoms with E-state index in [1.165, 1.54) is 18.7 Å². The second-order valence-corrected chi connectivity index (χ2v) is 7.58. The summed E-state index contributed by atoms with van der Waals surface area (Å²) in [6, 6.07) is 6.67. The van der Waals surface area contributed by atoms with Crippen LogP contribution in [-0.2, 0) is 19.1 Å². The highest BCUT2D eigenvalue weighted by Crippen LogP contribution is 2.38. The predicted molar refractivity (Wildman–Crippen MR) is 99.8 cm³/mol. The minimum absolute atomic E-state index is 0.165. The number of hydrogen-bond acceptors (Lipinski definition) is 7. The van der Waals surface area contributed by atoms with E-state index in [4.69, 9.17) is 20.9 Å². The van der Waals surface area contributed by atoms with Gasteiger partial charge in [-0.05, 0) is 32.0 Å². The van der Waals surface area contributed by atoms with Crippen molar-refractivity contribution in [3.05, 3.63) is 35.0 Å². The maximum Gasteiger partial charge on any atom is 0.308 e.